The molecule has 0 aliphatic carbocycles. The second kappa shape index (κ2) is 6.66. The number of nitrogens with one attached hydrogen (secondary N) is 1. The first-order chi connectivity index (χ1) is 9.11. The number of halogens is 1. The molecule has 0 saturated heterocycles. The first-order valence-corrected chi connectivity index (χ1v) is 9.19. The van der Waals surface area contributed by atoms with Gasteiger partial charge < -0.3 is 5.32 Å². The summed E-state index contributed by atoms with van der Waals surface area (Å²) in [5.41, 5.74) is 0.118. The molecule has 1 amide bonds. The fourth-order valence-corrected chi connectivity index (χ4v) is 3.42. The van der Waals surface area contributed by atoms with Crippen LogP contribution in [0.5, 0.6) is 0 Å². The van der Waals surface area contributed by atoms with E-state index in [4.69, 9.17) is 16.7 Å². The molecule has 0 heterocycles. The molecule has 20 heavy (non-hydrogen) atoms. The van der Waals surface area contributed by atoms with Crippen molar-refractivity contribution in [3.05, 3.63) is 28.8 Å². The van der Waals surface area contributed by atoms with E-state index in [2.05, 4.69) is 5.32 Å². The van der Waals surface area contributed by atoms with Crippen molar-refractivity contribution in [1.82, 2.24) is 5.32 Å². The van der Waals surface area contributed by atoms with Gasteiger partial charge in [0.05, 0.1) is 5.02 Å². The van der Waals surface area contributed by atoms with Crippen molar-refractivity contribution >= 4 is 38.3 Å². The van der Waals surface area contributed by atoms with Gasteiger partial charge in [-0.05, 0) is 25.1 Å². The fraction of sp³-hybridized carbons (Fsp3) is 0.364. The Bertz CT molecular complexity index is 646. The molecule has 1 rings (SSSR count). The summed E-state index contributed by atoms with van der Waals surface area (Å²) in [6, 6.07) is 3.49. The van der Waals surface area contributed by atoms with Gasteiger partial charge in [0.1, 0.15) is 4.90 Å². The summed E-state index contributed by atoms with van der Waals surface area (Å²) in [7, 11) is -5.04. The largest absolute Gasteiger partial charge is 0.349 e. The molecule has 1 aromatic carbocycles. The lowest BCUT2D eigenvalue weighted by atomic mass is 10.2. The topological polar surface area (TPSA) is 106 Å². The zero-order valence-corrected chi connectivity index (χ0v) is 13.3. The van der Waals surface area contributed by atoms with Crippen LogP contribution in [0.15, 0.2) is 23.1 Å². The predicted molar refractivity (Wildman–Crippen MR) is 78.7 cm³/mol. The second-order valence-corrected chi connectivity index (χ2v) is 7.72. The molecule has 0 spiro atoms. The smallest absolute Gasteiger partial charge is 0.251 e. The van der Waals surface area contributed by atoms with Gasteiger partial charge in [0.2, 0.25) is 10.0 Å². The molecule has 0 aliphatic heterocycles. The first-order valence-electron chi connectivity index (χ1n) is 5.54. The Kier molecular flexibility index (Phi) is 5.69. The molecule has 2 atom stereocenters. The quantitative estimate of drug-likeness (QED) is 0.814. The number of nitrogens with two attached hydrogens (primary N) is 1. The monoisotopic (exact) mass is 338 g/mol. The molecular weight excluding hydrogens is 324 g/mol. The van der Waals surface area contributed by atoms with Crippen LogP contribution in [0.1, 0.15) is 17.3 Å². The van der Waals surface area contributed by atoms with Gasteiger partial charge in [-0.25, -0.2) is 13.6 Å². The minimum absolute atomic E-state index is 0.0493. The molecule has 0 bridgehead atoms. The van der Waals surface area contributed by atoms with E-state index in [1.54, 1.807) is 6.92 Å². The zero-order chi connectivity index (χ0) is 15.5. The van der Waals surface area contributed by atoms with Crippen molar-refractivity contribution in [1.29, 1.82) is 0 Å². The number of hydrogen-bond acceptors (Lipinski definition) is 4. The van der Waals surface area contributed by atoms with E-state index in [-0.39, 0.29) is 21.5 Å². The van der Waals surface area contributed by atoms with E-state index < -0.39 is 26.7 Å². The molecule has 112 valence electrons. The number of amides is 1. The predicted octanol–water partition coefficient (Wildman–Crippen LogP) is 0.484. The highest BCUT2D eigenvalue weighted by Crippen LogP contribution is 2.21. The number of carbonyl (C=O) groups excluding carboxylic acids is 1. The molecule has 0 aromatic heterocycles. The maximum Gasteiger partial charge on any atom is 0.251 e. The standard InChI is InChI=1S/C11H15ClN2O4S2/c1-7(6-19(2)16)14-11(15)8-3-4-9(12)10(5-8)20(13,17)18/h3-5,7H,6H2,1-2H3,(H,14,15)(H2,13,17,18). The number of benzene rings is 1. The summed E-state index contributed by atoms with van der Waals surface area (Å²) in [4.78, 5) is 11.6. The second-order valence-electron chi connectivity index (χ2n) is 4.30. The minimum Gasteiger partial charge on any atom is -0.349 e. The Morgan fingerprint density at radius 3 is 2.60 bits per heavy atom. The third-order valence-electron chi connectivity index (χ3n) is 2.36. The van der Waals surface area contributed by atoms with Crippen LogP contribution in [0.4, 0.5) is 0 Å². The highest BCUT2D eigenvalue weighted by molar-refractivity contribution is 7.89. The van der Waals surface area contributed by atoms with Crippen LogP contribution >= 0.6 is 11.6 Å². The van der Waals surface area contributed by atoms with Crippen LogP contribution < -0.4 is 10.5 Å². The first kappa shape index (κ1) is 17.1. The average molecular weight is 339 g/mol. The lowest BCUT2D eigenvalue weighted by Gasteiger charge is -2.13. The third kappa shape index (κ3) is 4.86. The summed E-state index contributed by atoms with van der Waals surface area (Å²) in [6.07, 6.45) is 1.53. The summed E-state index contributed by atoms with van der Waals surface area (Å²) in [5, 5.41) is 7.58. The van der Waals surface area contributed by atoms with Gasteiger partial charge in [0.25, 0.3) is 5.91 Å². The van der Waals surface area contributed by atoms with Crippen molar-refractivity contribution in [2.45, 2.75) is 17.9 Å². The molecule has 0 aliphatic rings. The molecule has 0 saturated carbocycles. The highest BCUT2D eigenvalue weighted by Gasteiger charge is 2.17. The molecule has 1 aromatic rings. The minimum atomic E-state index is -4.00. The summed E-state index contributed by atoms with van der Waals surface area (Å²) < 4.78 is 33.7. The Hall–Kier alpha value is -0.960. The number of carbonyl (C=O) groups is 1. The molecular formula is C11H15ClN2O4S2. The zero-order valence-electron chi connectivity index (χ0n) is 10.9. The van der Waals surface area contributed by atoms with Crippen LogP contribution in [0.25, 0.3) is 0 Å². The Morgan fingerprint density at radius 1 is 1.50 bits per heavy atom. The summed E-state index contributed by atoms with van der Waals surface area (Å²) >= 11 is 5.73. The Labute approximate surface area is 125 Å². The summed E-state index contributed by atoms with van der Waals surface area (Å²) in [5.74, 6) is -0.175. The maximum absolute atomic E-state index is 11.9. The molecule has 2 unspecified atom stereocenters. The lowest BCUT2D eigenvalue weighted by Crippen LogP contribution is -2.36. The number of hydrogen-bond donors (Lipinski definition) is 2. The molecule has 0 radical (unpaired) electrons. The lowest BCUT2D eigenvalue weighted by molar-refractivity contribution is 0.0943. The van der Waals surface area contributed by atoms with Gasteiger partial charge in [-0.1, -0.05) is 11.6 Å². The van der Waals surface area contributed by atoms with Gasteiger partial charge in [-0.15, -0.1) is 0 Å². The highest BCUT2D eigenvalue weighted by atomic mass is 35.5. The van der Waals surface area contributed by atoms with Gasteiger partial charge in [-0.2, -0.15) is 0 Å². The SMILES string of the molecule is CC(CS(C)=O)NC(=O)c1ccc(Cl)c(S(N)(=O)=O)c1. The van der Waals surface area contributed by atoms with Crippen molar-refractivity contribution in [2.75, 3.05) is 12.0 Å². The molecule has 9 heteroatoms. The van der Waals surface area contributed by atoms with E-state index in [1.807, 2.05) is 0 Å². The average Bonchev–Trinajstić information content (AvgIpc) is 2.26. The van der Waals surface area contributed by atoms with Crippen molar-refractivity contribution in [3.63, 3.8) is 0 Å². The van der Waals surface area contributed by atoms with Crippen LogP contribution in [0, 0.1) is 0 Å². The fourth-order valence-electron chi connectivity index (χ4n) is 1.56. The van der Waals surface area contributed by atoms with Crippen molar-refractivity contribution < 1.29 is 17.4 Å². The van der Waals surface area contributed by atoms with Crippen LogP contribution in [0.3, 0.4) is 0 Å². The maximum atomic E-state index is 11.9. The number of rotatable bonds is 5. The van der Waals surface area contributed by atoms with Gasteiger partial charge >= 0.3 is 0 Å². The Balaban J connectivity index is 2.98. The number of sulfonamides is 1. The van der Waals surface area contributed by atoms with Crippen LogP contribution in [-0.2, 0) is 20.8 Å². The Morgan fingerprint density at radius 2 is 2.10 bits per heavy atom. The van der Waals surface area contributed by atoms with Gasteiger partial charge in [0.15, 0.2) is 0 Å². The van der Waals surface area contributed by atoms with Crippen LogP contribution in [0.2, 0.25) is 5.02 Å². The van der Waals surface area contributed by atoms with Gasteiger partial charge in [-0.3, -0.25) is 9.00 Å². The summed E-state index contributed by atoms with van der Waals surface area (Å²) in [6.45, 7) is 1.70. The molecule has 0 fully saturated rings. The van der Waals surface area contributed by atoms with Crippen LogP contribution in [-0.4, -0.2) is 36.6 Å². The third-order valence-corrected chi connectivity index (χ3v) is 4.72. The number of primary sulfonamides is 1. The molecule has 3 N–H and O–H groups in total. The van der Waals surface area contributed by atoms with E-state index in [0.29, 0.717) is 5.75 Å². The van der Waals surface area contributed by atoms with E-state index >= 15 is 0 Å². The van der Waals surface area contributed by atoms with Crippen molar-refractivity contribution in [2.24, 2.45) is 5.14 Å². The van der Waals surface area contributed by atoms with E-state index in [0.717, 1.165) is 6.07 Å². The van der Waals surface area contributed by atoms with Crippen molar-refractivity contribution in [3.8, 4) is 0 Å². The van der Waals surface area contributed by atoms with E-state index in [1.165, 1.54) is 18.4 Å². The van der Waals surface area contributed by atoms with Gasteiger partial charge in [0, 0.05) is 34.4 Å². The molecule has 6 nitrogen and oxygen atoms in total. The normalized spacial score (nSPS) is 14.6. The van der Waals surface area contributed by atoms with E-state index in [9.17, 15) is 17.4 Å².